The zero-order valence-corrected chi connectivity index (χ0v) is 15.7. The molecule has 0 atom stereocenters. The van der Waals surface area contributed by atoms with Gasteiger partial charge >= 0.3 is 5.97 Å². The molecule has 1 rings (SSSR count). The summed E-state index contributed by atoms with van der Waals surface area (Å²) in [5, 5.41) is 7.84. The van der Waals surface area contributed by atoms with E-state index in [1.165, 1.54) is 7.11 Å². The van der Waals surface area contributed by atoms with Crippen molar-refractivity contribution in [2.45, 2.75) is 32.1 Å². The number of unbranched alkanes of at least 4 members (excludes halogenated alkanes) is 1. The van der Waals surface area contributed by atoms with Crippen molar-refractivity contribution < 1.29 is 9.53 Å². The Morgan fingerprint density at radius 3 is 2.50 bits per heavy atom. The van der Waals surface area contributed by atoms with Gasteiger partial charge in [-0.05, 0) is 43.4 Å². The number of aliphatic imine (C=N–C) groups is 1. The van der Waals surface area contributed by atoms with Crippen LogP contribution in [0.3, 0.4) is 0 Å². The maximum absolute atomic E-state index is 11.0. The van der Waals surface area contributed by atoms with Crippen molar-refractivity contribution >= 4 is 35.1 Å². The number of guanidine groups is 1. The Labute approximate surface area is 153 Å². The summed E-state index contributed by atoms with van der Waals surface area (Å²) in [6, 6.07) is 5.57. The zero-order valence-electron chi connectivity index (χ0n) is 14.2. The summed E-state index contributed by atoms with van der Waals surface area (Å²) in [5.74, 6) is 0.591. The highest BCUT2D eigenvalue weighted by molar-refractivity contribution is 6.35. The number of nitrogens with zero attached hydrogens (tertiary/aromatic N) is 1. The van der Waals surface area contributed by atoms with Crippen LogP contribution in [0.5, 0.6) is 0 Å². The first-order valence-electron chi connectivity index (χ1n) is 8.02. The number of benzene rings is 1. The van der Waals surface area contributed by atoms with Gasteiger partial charge in [0.15, 0.2) is 5.96 Å². The van der Waals surface area contributed by atoms with E-state index in [9.17, 15) is 4.79 Å². The number of carbonyl (C=O) groups excluding carboxylic acids is 1. The minimum absolute atomic E-state index is 0.168. The van der Waals surface area contributed by atoms with Gasteiger partial charge in [-0.2, -0.15) is 0 Å². The predicted octanol–water partition coefficient (Wildman–Crippen LogP) is 3.43. The van der Waals surface area contributed by atoms with Gasteiger partial charge in [0.05, 0.1) is 7.11 Å². The highest BCUT2D eigenvalue weighted by Gasteiger charge is 2.03. The van der Waals surface area contributed by atoms with Gasteiger partial charge in [-0.25, -0.2) is 0 Å². The number of methoxy groups -OCH3 is 1. The van der Waals surface area contributed by atoms with E-state index in [0.29, 0.717) is 16.5 Å². The molecule has 0 fully saturated rings. The zero-order chi connectivity index (χ0) is 17.8. The number of esters is 1. The van der Waals surface area contributed by atoms with Gasteiger partial charge in [-0.1, -0.05) is 29.3 Å². The van der Waals surface area contributed by atoms with E-state index in [0.717, 1.165) is 50.3 Å². The third-order valence-electron chi connectivity index (χ3n) is 3.48. The maximum Gasteiger partial charge on any atom is 0.305 e. The van der Waals surface area contributed by atoms with Crippen LogP contribution in [0.25, 0.3) is 0 Å². The lowest BCUT2D eigenvalue weighted by Crippen LogP contribution is -2.38. The van der Waals surface area contributed by atoms with E-state index in [2.05, 4.69) is 20.4 Å². The lowest BCUT2D eigenvalue weighted by molar-refractivity contribution is -0.140. The minimum atomic E-state index is -0.168. The van der Waals surface area contributed by atoms with Crippen LogP contribution in [-0.4, -0.2) is 39.2 Å². The Bertz CT molecular complexity index is 551. The summed E-state index contributed by atoms with van der Waals surface area (Å²) in [4.78, 5) is 15.2. The molecule has 0 heterocycles. The third kappa shape index (κ3) is 8.41. The van der Waals surface area contributed by atoms with E-state index in [-0.39, 0.29) is 5.97 Å². The monoisotopic (exact) mass is 373 g/mol. The van der Waals surface area contributed by atoms with E-state index in [1.807, 2.05) is 12.1 Å². The molecule has 0 bridgehead atoms. The fourth-order valence-electron chi connectivity index (χ4n) is 2.13. The summed E-state index contributed by atoms with van der Waals surface area (Å²) < 4.78 is 4.60. The van der Waals surface area contributed by atoms with Crippen LogP contribution < -0.4 is 10.6 Å². The van der Waals surface area contributed by atoms with Crippen LogP contribution in [0.4, 0.5) is 0 Å². The SMILES string of the molecule is CN=C(NCCCCC(=O)OC)NCCCc1ccc(Cl)cc1Cl. The molecule has 1 aromatic carbocycles. The quantitative estimate of drug-likeness (QED) is 0.301. The van der Waals surface area contributed by atoms with Crippen molar-refractivity contribution in [1.29, 1.82) is 0 Å². The number of nitrogens with one attached hydrogen (secondary N) is 2. The molecule has 24 heavy (non-hydrogen) atoms. The standard InChI is InChI=1S/C17H25Cl2N3O2/c1-20-17(21-10-4-3-7-16(23)24-2)22-11-5-6-13-8-9-14(18)12-15(13)19/h8-9,12H,3-7,10-11H2,1-2H3,(H2,20,21,22). The first-order valence-corrected chi connectivity index (χ1v) is 8.77. The van der Waals surface area contributed by atoms with E-state index in [4.69, 9.17) is 23.2 Å². The molecule has 134 valence electrons. The first-order chi connectivity index (χ1) is 11.6. The number of carbonyl (C=O) groups is 1. The fraction of sp³-hybridized carbons (Fsp3) is 0.529. The molecule has 1 aromatic rings. The van der Waals surface area contributed by atoms with Crippen molar-refractivity contribution in [1.82, 2.24) is 10.6 Å². The Kier molecular flexibility index (Phi) is 10.3. The van der Waals surface area contributed by atoms with Crippen molar-refractivity contribution in [3.05, 3.63) is 33.8 Å². The molecule has 0 amide bonds. The summed E-state index contributed by atoms with van der Waals surface area (Å²) in [6.07, 6.45) is 3.94. The van der Waals surface area contributed by atoms with Crippen molar-refractivity contribution in [2.24, 2.45) is 4.99 Å². The molecule has 0 aliphatic carbocycles. The summed E-state index contributed by atoms with van der Waals surface area (Å²) in [6.45, 7) is 1.56. The topological polar surface area (TPSA) is 62.7 Å². The second kappa shape index (κ2) is 12.0. The second-order valence-corrected chi connectivity index (χ2v) is 6.14. The van der Waals surface area contributed by atoms with Crippen LogP contribution in [0.2, 0.25) is 10.0 Å². The van der Waals surface area contributed by atoms with Gasteiger partial charge in [-0.15, -0.1) is 0 Å². The van der Waals surface area contributed by atoms with Crippen LogP contribution in [0.1, 0.15) is 31.2 Å². The largest absolute Gasteiger partial charge is 0.469 e. The molecule has 0 aliphatic heterocycles. The van der Waals surface area contributed by atoms with Gasteiger partial charge < -0.3 is 15.4 Å². The summed E-state index contributed by atoms with van der Waals surface area (Å²) >= 11 is 12.0. The first kappa shape index (κ1) is 20.6. The molecule has 5 nitrogen and oxygen atoms in total. The Morgan fingerprint density at radius 2 is 1.88 bits per heavy atom. The average Bonchev–Trinajstić information content (AvgIpc) is 2.57. The Balaban J connectivity index is 2.16. The fourth-order valence-corrected chi connectivity index (χ4v) is 2.64. The molecule has 0 radical (unpaired) electrons. The number of hydrogen-bond acceptors (Lipinski definition) is 3. The number of hydrogen-bond donors (Lipinski definition) is 2. The predicted molar refractivity (Wildman–Crippen MR) is 100 cm³/mol. The van der Waals surface area contributed by atoms with Gasteiger partial charge in [0, 0.05) is 36.6 Å². The van der Waals surface area contributed by atoms with Crippen molar-refractivity contribution in [3.63, 3.8) is 0 Å². The number of ether oxygens (including phenoxy) is 1. The van der Waals surface area contributed by atoms with Crippen LogP contribution >= 0.6 is 23.2 Å². The van der Waals surface area contributed by atoms with Crippen LogP contribution in [-0.2, 0) is 16.0 Å². The summed E-state index contributed by atoms with van der Waals surface area (Å²) in [5.41, 5.74) is 1.09. The highest BCUT2D eigenvalue weighted by atomic mass is 35.5. The molecule has 0 aliphatic rings. The van der Waals surface area contributed by atoms with Crippen molar-refractivity contribution in [2.75, 3.05) is 27.2 Å². The molecular weight excluding hydrogens is 349 g/mol. The highest BCUT2D eigenvalue weighted by Crippen LogP contribution is 2.21. The van der Waals surface area contributed by atoms with Gasteiger partial charge in [0.1, 0.15) is 0 Å². The van der Waals surface area contributed by atoms with Gasteiger partial charge in [0.2, 0.25) is 0 Å². The van der Waals surface area contributed by atoms with Gasteiger partial charge in [0.25, 0.3) is 0 Å². The summed E-state index contributed by atoms with van der Waals surface area (Å²) in [7, 11) is 3.14. The lowest BCUT2D eigenvalue weighted by atomic mass is 10.1. The molecule has 0 saturated heterocycles. The maximum atomic E-state index is 11.0. The molecule has 0 spiro atoms. The van der Waals surface area contributed by atoms with E-state index >= 15 is 0 Å². The molecular formula is C17H25Cl2N3O2. The van der Waals surface area contributed by atoms with Crippen LogP contribution in [0, 0.1) is 0 Å². The molecule has 0 aromatic heterocycles. The molecule has 2 N–H and O–H groups in total. The molecule has 0 unspecified atom stereocenters. The smallest absolute Gasteiger partial charge is 0.305 e. The van der Waals surface area contributed by atoms with Gasteiger partial charge in [-0.3, -0.25) is 9.79 Å². The molecule has 7 heteroatoms. The number of rotatable bonds is 9. The normalized spacial score (nSPS) is 11.2. The molecule has 0 saturated carbocycles. The number of aryl methyl sites for hydroxylation is 1. The third-order valence-corrected chi connectivity index (χ3v) is 4.07. The Hall–Kier alpha value is -1.46. The Morgan fingerprint density at radius 1 is 1.17 bits per heavy atom. The van der Waals surface area contributed by atoms with E-state index in [1.54, 1.807) is 13.1 Å². The minimum Gasteiger partial charge on any atom is -0.469 e. The lowest BCUT2D eigenvalue weighted by Gasteiger charge is -2.12. The van der Waals surface area contributed by atoms with Crippen molar-refractivity contribution in [3.8, 4) is 0 Å². The van der Waals surface area contributed by atoms with Crippen LogP contribution in [0.15, 0.2) is 23.2 Å². The van der Waals surface area contributed by atoms with E-state index < -0.39 is 0 Å². The average molecular weight is 374 g/mol. The second-order valence-electron chi connectivity index (χ2n) is 5.30. The number of halogens is 2.